The third-order valence-electron chi connectivity index (χ3n) is 6.21. The maximum atomic E-state index is 14.0. The average Bonchev–Trinajstić information content (AvgIpc) is 3.12. The molecule has 7 nitrogen and oxygen atoms in total. The first kappa shape index (κ1) is 24.2. The number of rotatable bonds is 4. The molecule has 2 heterocycles. The Hall–Kier alpha value is -2.97. The van der Waals surface area contributed by atoms with Gasteiger partial charge in [0.05, 0.1) is 34.3 Å². The highest BCUT2D eigenvalue weighted by Gasteiger charge is 2.46. The fourth-order valence-corrected chi connectivity index (χ4v) is 6.15. The highest BCUT2D eigenvalue weighted by molar-refractivity contribution is 7.89. The molecule has 1 aliphatic rings. The number of hydrogen-bond donors (Lipinski definition) is 0. The lowest BCUT2D eigenvalue weighted by atomic mass is 9.88. The van der Waals surface area contributed by atoms with Gasteiger partial charge in [-0.15, -0.1) is 0 Å². The van der Waals surface area contributed by atoms with Gasteiger partial charge < -0.3 is 4.74 Å². The van der Waals surface area contributed by atoms with Crippen LogP contribution in [0.2, 0.25) is 0 Å². The van der Waals surface area contributed by atoms with Gasteiger partial charge in [-0.2, -0.15) is 4.31 Å². The van der Waals surface area contributed by atoms with E-state index in [1.807, 2.05) is 13.8 Å². The summed E-state index contributed by atoms with van der Waals surface area (Å²) in [7, 11) is -4.01. The lowest BCUT2D eigenvalue weighted by Crippen LogP contribution is -2.51. The van der Waals surface area contributed by atoms with Gasteiger partial charge in [-0.25, -0.2) is 17.8 Å². The Morgan fingerprint density at radius 1 is 1.09 bits per heavy atom. The van der Waals surface area contributed by atoms with Crippen molar-refractivity contribution in [2.75, 3.05) is 0 Å². The number of ether oxygens (including phenoxy) is 1. The van der Waals surface area contributed by atoms with E-state index in [1.165, 1.54) is 21.0 Å². The number of Topliss-reactive ketones (excluding diaryl/α,β-unsaturated/α-hetero) is 1. The van der Waals surface area contributed by atoms with Gasteiger partial charge in [-0.1, -0.05) is 56.7 Å². The molecule has 0 saturated heterocycles. The molecule has 2 aromatic carbocycles. The maximum absolute atomic E-state index is 14.0. The second-order valence-electron chi connectivity index (χ2n) is 9.71. The zero-order valence-corrected chi connectivity index (χ0v) is 20.9. The van der Waals surface area contributed by atoms with Crippen molar-refractivity contribution < 1.29 is 22.7 Å². The Morgan fingerprint density at radius 3 is 2.32 bits per heavy atom. The van der Waals surface area contributed by atoms with Gasteiger partial charge >= 0.3 is 6.09 Å². The summed E-state index contributed by atoms with van der Waals surface area (Å²) in [6.07, 6.45) is -0.0196. The molecule has 3 aromatic rings. The standard InChI is InChI=1S/C26H30N2O5S/c1-6-17(2)23-24(29)22-19-14-10-11-15-20(19)28(25(30)33-26(3,4)5)21(22)16-27(23)34(31,32)18-12-8-7-9-13-18/h7-15,17,23H,6,16H2,1-5H3/t17?,23-/m0/s1. The monoisotopic (exact) mass is 482 g/mol. The molecule has 34 heavy (non-hydrogen) atoms. The van der Waals surface area contributed by atoms with Crippen molar-refractivity contribution in [3.63, 3.8) is 0 Å². The molecule has 0 bridgehead atoms. The van der Waals surface area contributed by atoms with Crippen LogP contribution >= 0.6 is 0 Å². The number of sulfonamides is 1. The highest BCUT2D eigenvalue weighted by Crippen LogP contribution is 2.38. The Labute approximate surface area is 200 Å². The molecule has 2 atom stereocenters. The number of benzene rings is 2. The van der Waals surface area contributed by atoms with E-state index in [9.17, 15) is 18.0 Å². The van der Waals surface area contributed by atoms with E-state index < -0.39 is 27.8 Å². The van der Waals surface area contributed by atoms with Gasteiger partial charge in [0.1, 0.15) is 5.60 Å². The molecule has 1 aliphatic heterocycles. The Bertz CT molecular complexity index is 1350. The van der Waals surface area contributed by atoms with Crippen LogP contribution < -0.4 is 0 Å². The van der Waals surface area contributed by atoms with Crippen molar-refractivity contribution in [2.45, 2.75) is 64.1 Å². The molecule has 0 aliphatic carbocycles. The van der Waals surface area contributed by atoms with Crippen LogP contribution in [-0.4, -0.2) is 40.8 Å². The lowest BCUT2D eigenvalue weighted by Gasteiger charge is -2.37. The quantitative estimate of drug-likeness (QED) is 0.509. The lowest BCUT2D eigenvalue weighted by molar-refractivity contribution is 0.0534. The number of para-hydroxylation sites is 1. The number of hydrogen-bond acceptors (Lipinski definition) is 5. The van der Waals surface area contributed by atoms with Crippen LogP contribution in [0.25, 0.3) is 10.9 Å². The number of nitrogens with zero attached hydrogens (tertiary/aromatic N) is 2. The van der Waals surface area contributed by atoms with Crippen LogP contribution in [0.15, 0.2) is 59.5 Å². The zero-order chi connectivity index (χ0) is 24.8. The van der Waals surface area contributed by atoms with Gasteiger partial charge in [0.25, 0.3) is 0 Å². The van der Waals surface area contributed by atoms with Crippen molar-refractivity contribution in [2.24, 2.45) is 5.92 Å². The maximum Gasteiger partial charge on any atom is 0.419 e. The summed E-state index contributed by atoms with van der Waals surface area (Å²) in [4.78, 5) is 27.4. The number of aromatic nitrogens is 1. The van der Waals surface area contributed by atoms with Crippen LogP contribution in [0.5, 0.6) is 0 Å². The Kier molecular flexibility index (Phi) is 6.16. The fourth-order valence-electron chi connectivity index (χ4n) is 4.49. The molecular weight excluding hydrogens is 452 g/mol. The number of carbonyl (C=O) groups excluding carboxylic acids is 2. The van der Waals surface area contributed by atoms with Crippen LogP contribution in [0, 0.1) is 5.92 Å². The fraction of sp³-hybridized carbons (Fsp3) is 0.385. The van der Waals surface area contributed by atoms with E-state index in [0.717, 1.165) is 0 Å². The summed E-state index contributed by atoms with van der Waals surface area (Å²) in [5.74, 6) is -0.517. The van der Waals surface area contributed by atoms with Crippen LogP contribution in [0.3, 0.4) is 0 Å². The van der Waals surface area contributed by atoms with E-state index in [-0.39, 0.29) is 23.1 Å². The first-order valence-corrected chi connectivity index (χ1v) is 12.9. The molecule has 4 rings (SSSR count). The van der Waals surface area contributed by atoms with Gasteiger partial charge in [-0.05, 0) is 44.9 Å². The minimum atomic E-state index is -4.01. The van der Waals surface area contributed by atoms with E-state index >= 15 is 0 Å². The summed E-state index contributed by atoms with van der Waals surface area (Å²) in [6, 6.07) is 14.3. The summed E-state index contributed by atoms with van der Waals surface area (Å²) >= 11 is 0. The van der Waals surface area contributed by atoms with Crippen molar-refractivity contribution in [3.05, 3.63) is 65.9 Å². The molecule has 180 valence electrons. The smallest absolute Gasteiger partial charge is 0.419 e. The third kappa shape index (κ3) is 4.05. The molecule has 0 spiro atoms. The summed E-state index contributed by atoms with van der Waals surface area (Å²) < 4.78 is 35.7. The zero-order valence-electron chi connectivity index (χ0n) is 20.1. The van der Waals surface area contributed by atoms with E-state index in [1.54, 1.807) is 63.2 Å². The Balaban J connectivity index is 1.97. The van der Waals surface area contributed by atoms with Crippen LogP contribution in [0.4, 0.5) is 4.79 Å². The van der Waals surface area contributed by atoms with Gasteiger partial charge in [-0.3, -0.25) is 4.79 Å². The third-order valence-corrected chi connectivity index (χ3v) is 8.05. The molecular formula is C26H30N2O5S. The van der Waals surface area contributed by atoms with Crippen molar-refractivity contribution in [1.29, 1.82) is 0 Å². The molecule has 1 unspecified atom stereocenters. The minimum Gasteiger partial charge on any atom is -0.443 e. The van der Waals surface area contributed by atoms with E-state index in [4.69, 9.17) is 4.74 Å². The summed E-state index contributed by atoms with van der Waals surface area (Å²) in [6.45, 7) is 9.00. The number of ketones is 1. The molecule has 0 N–H and O–H groups in total. The average molecular weight is 483 g/mol. The van der Waals surface area contributed by atoms with Gasteiger partial charge in [0.2, 0.25) is 10.0 Å². The van der Waals surface area contributed by atoms with Crippen molar-refractivity contribution in [1.82, 2.24) is 8.87 Å². The number of fused-ring (bicyclic) bond motifs is 3. The SMILES string of the molecule is CCC(C)[C@H]1C(=O)c2c(n(C(=O)OC(C)(C)C)c3ccccc23)CN1S(=O)(=O)c1ccccc1. The molecule has 0 amide bonds. The number of carbonyl (C=O) groups is 2. The molecule has 1 aromatic heterocycles. The Morgan fingerprint density at radius 2 is 1.71 bits per heavy atom. The molecule has 0 saturated carbocycles. The topological polar surface area (TPSA) is 85.7 Å². The predicted molar refractivity (Wildman–Crippen MR) is 130 cm³/mol. The predicted octanol–water partition coefficient (Wildman–Crippen LogP) is 5.23. The van der Waals surface area contributed by atoms with Crippen LogP contribution in [0.1, 0.15) is 57.1 Å². The molecule has 0 fully saturated rings. The highest BCUT2D eigenvalue weighted by atomic mass is 32.2. The first-order chi connectivity index (χ1) is 16.0. The summed E-state index contributed by atoms with van der Waals surface area (Å²) in [5, 5.41) is 0.624. The van der Waals surface area contributed by atoms with E-state index in [0.29, 0.717) is 28.6 Å². The minimum absolute atomic E-state index is 0.110. The molecule has 8 heteroatoms. The summed E-state index contributed by atoms with van der Waals surface area (Å²) in [5.41, 5.74) is 0.492. The van der Waals surface area contributed by atoms with Crippen LogP contribution in [-0.2, 0) is 21.3 Å². The second-order valence-corrected chi connectivity index (χ2v) is 11.6. The normalized spacial score (nSPS) is 18.0. The second kappa shape index (κ2) is 8.67. The largest absolute Gasteiger partial charge is 0.443 e. The van der Waals surface area contributed by atoms with Crippen molar-refractivity contribution in [3.8, 4) is 0 Å². The van der Waals surface area contributed by atoms with E-state index in [2.05, 4.69) is 0 Å². The van der Waals surface area contributed by atoms with Crippen molar-refractivity contribution >= 4 is 32.8 Å². The van der Waals surface area contributed by atoms with Gasteiger partial charge in [0.15, 0.2) is 5.78 Å². The van der Waals surface area contributed by atoms with Gasteiger partial charge in [0, 0.05) is 5.39 Å². The first-order valence-electron chi connectivity index (χ1n) is 11.4. The molecule has 0 radical (unpaired) electrons.